The molecule has 3 rings (SSSR count). The Bertz CT molecular complexity index is 1080. The lowest BCUT2D eigenvalue weighted by Crippen LogP contribution is -2.55. The standard InChI is InChI=1S/C19H23N5O8S2/c1-7-8-5-33-14(22-10(8)16(28)31-7)12(15(26)27)21-13(25)11(24-30)9-6-34-17(20-9)23-18(29)32-19(2,3)4/h6-7,12,14,22,30H,5H2,1-4H3,(H,21,25)(H,26,27)(H,20,23,29)/b24-11-/t7?,12?,14-/m1/s1. The van der Waals surface area contributed by atoms with Gasteiger partial charge in [-0.2, -0.15) is 0 Å². The zero-order chi connectivity index (χ0) is 25.2. The molecule has 1 aromatic rings. The average molecular weight is 514 g/mol. The lowest BCUT2D eigenvalue weighted by Gasteiger charge is -2.29. The van der Waals surface area contributed by atoms with Crippen molar-refractivity contribution in [2.45, 2.75) is 50.8 Å². The van der Waals surface area contributed by atoms with E-state index in [9.17, 15) is 29.5 Å². The van der Waals surface area contributed by atoms with Crippen LogP contribution in [0.2, 0.25) is 0 Å². The van der Waals surface area contributed by atoms with Crippen molar-refractivity contribution in [2.24, 2.45) is 5.16 Å². The van der Waals surface area contributed by atoms with E-state index in [1.807, 2.05) is 0 Å². The van der Waals surface area contributed by atoms with E-state index < -0.39 is 52.8 Å². The number of aromatic nitrogens is 1. The Morgan fingerprint density at radius 1 is 1.38 bits per heavy atom. The molecule has 2 aliphatic rings. The van der Waals surface area contributed by atoms with Crippen molar-refractivity contribution < 1.29 is 39.0 Å². The third-order valence-corrected chi connectivity index (χ3v) is 6.51. The number of amides is 2. The van der Waals surface area contributed by atoms with Crippen molar-refractivity contribution >= 4 is 57.9 Å². The number of nitrogens with zero attached hydrogens (tertiary/aromatic N) is 2. The number of esters is 1. The number of ether oxygens (including phenoxy) is 2. The van der Waals surface area contributed by atoms with Crippen LogP contribution in [0.3, 0.4) is 0 Å². The van der Waals surface area contributed by atoms with E-state index in [0.717, 1.165) is 11.3 Å². The van der Waals surface area contributed by atoms with Crippen LogP contribution in [0.15, 0.2) is 21.8 Å². The normalized spacial score (nSPS) is 21.2. The second-order valence-electron chi connectivity index (χ2n) is 8.23. The molecule has 34 heavy (non-hydrogen) atoms. The SMILES string of the molecule is CC1OC(=O)C2=C1CS[C@H](C(NC(=O)/C(=N\O)c1csc(NC(=O)OC(C)(C)C)n1)C(=O)O)N2. The highest BCUT2D eigenvalue weighted by molar-refractivity contribution is 8.00. The van der Waals surface area contributed by atoms with Crippen LogP contribution in [0, 0.1) is 0 Å². The van der Waals surface area contributed by atoms with Gasteiger partial charge in [0.2, 0.25) is 0 Å². The van der Waals surface area contributed by atoms with Crippen LogP contribution in [-0.2, 0) is 23.9 Å². The topological polar surface area (TPSA) is 189 Å². The molecule has 0 spiro atoms. The molecule has 0 saturated carbocycles. The Balaban J connectivity index is 1.70. The molecule has 15 heteroatoms. The van der Waals surface area contributed by atoms with Gasteiger partial charge in [0.15, 0.2) is 16.9 Å². The molecular formula is C19H23N5O8S2. The summed E-state index contributed by atoms with van der Waals surface area (Å²) < 4.78 is 10.2. The van der Waals surface area contributed by atoms with Gasteiger partial charge < -0.3 is 30.4 Å². The number of cyclic esters (lactones) is 1. The fraction of sp³-hybridized carbons (Fsp3) is 0.474. The van der Waals surface area contributed by atoms with Gasteiger partial charge in [0.05, 0.1) is 0 Å². The summed E-state index contributed by atoms with van der Waals surface area (Å²) in [6, 6.07) is -1.48. The zero-order valence-electron chi connectivity index (χ0n) is 18.6. The first kappa shape index (κ1) is 25.3. The number of nitrogens with one attached hydrogen (secondary N) is 3. The largest absolute Gasteiger partial charge is 0.480 e. The van der Waals surface area contributed by atoms with E-state index in [1.54, 1.807) is 27.7 Å². The van der Waals surface area contributed by atoms with Crippen molar-refractivity contribution in [3.8, 4) is 0 Å². The maximum absolute atomic E-state index is 12.7. The monoisotopic (exact) mass is 513 g/mol. The molecule has 2 aliphatic heterocycles. The van der Waals surface area contributed by atoms with Crippen molar-refractivity contribution in [3.63, 3.8) is 0 Å². The van der Waals surface area contributed by atoms with E-state index in [1.165, 1.54) is 17.1 Å². The number of carboxylic acids is 1. The molecule has 0 radical (unpaired) electrons. The van der Waals surface area contributed by atoms with Crippen molar-refractivity contribution in [3.05, 3.63) is 22.3 Å². The number of anilines is 1. The van der Waals surface area contributed by atoms with Crippen LogP contribution in [0.4, 0.5) is 9.93 Å². The number of hydrogen-bond acceptors (Lipinski definition) is 12. The van der Waals surface area contributed by atoms with Gasteiger partial charge >= 0.3 is 18.0 Å². The second-order valence-corrected chi connectivity index (χ2v) is 10.2. The van der Waals surface area contributed by atoms with Crippen LogP contribution in [0.25, 0.3) is 0 Å². The number of carbonyl (C=O) groups is 4. The lowest BCUT2D eigenvalue weighted by molar-refractivity contribution is -0.142. The summed E-state index contributed by atoms with van der Waals surface area (Å²) in [6.45, 7) is 6.77. The Morgan fingerprint density at radius 2 is 2.09 bits per heavy atom. The quantitative estimate of drug-likeness (QED) is 0.158. The van der Waals surface area contributed by atoms with E-state index >= 15 is 0 Å². The van der Waals surface area contributed by atoms with Gasteiger partial charge in [0, 0.05) is 16.7 Å². The van der Waals surface area contributed by atoms with Gasteiger partial charge in [-0.25, -0.2) is 19.4 Å². The first-order valence-corrected chi connectivity index (χ1v) is 11.9. The molecule has 13 nitrogen and oxygen atoms in total. The maximum Gasteiger partial charge on any atom is 0.413 e. The second kappa shape index (κ2) is 9.89. The summed E-state index contributed by atoms with van der Waals surface area (Å²) >= 11 is 2.12. The third-order valence-electron chi connectivity index (χ3n) is 4.53. The Kier molecular flexibility index (Phi) is 7.35. The average Bonchev–Trinajstić information content (AvgIpc) is 3.29. The van der Waals surface area contributed by atoms with Gasteiger partial charge in [-0.15, -0.1) is 23.1 Å². The fourth-order valence-electron chi connectivity index (χ4n) is 3.03. The minimum absolute atomic E-state index is 0.0748. The van der Waals surface area contributed by atoms with E-state index in [0.29, 0.717) is 11.3 Å². The van der Waals surface area contributed by atoms with Gasteiger partial charge in [-0.1, -0.05) is 5.16 Å². The molecule has 184 valence electrons. The smallest absolute Gasteiger partial charge is 0.413 e. The number of hydrogen-bond donors (Lipinski definition) is 5. The minimum Gasteiger partial charge on any atom is -0.480 e. The molecule has 0 aliphatic carbocycles. The van der Waals surface area contributed by atoms with Crippen LogP contribution < -0.4 is 16.0 Å². The summed E-state index contributed by atoms with van der Waals surface area (Å²) in [5, 5.41) is 30.0. The molecule has 2 amide bonds. The number of rotatable bonds is 6. The molecule has 5 N–H and O–H groups in total. The van der Waals surface area contributed by atoms with Crippen molar-refractivity contribution in [1.82, 2.24) is 15.6 Å². The van der Waals surface area contributed by atoms with Crippen molar-refractivity contribution in [1.29, 1.82) is 0 Å². The first-order valence-electron chi connectivity index (χ1n) is 9.93. The highest BCUT2D eigenvalue weighted by Gasteiger charge is 2.41. The van der Waals surface area contributed by atoms with E-state index in [4.69, 9.17) is 9.47 Å². The van der Waals surface area contributed by atoms with Crippen LogP contribution in [0.5, 0.6) is 0 Å². The van der Waals surface area contributed by atoms with Crippen LogP contribution in [-0.4, -0.2) is 73.8 Å². The third kappa shape index (κ3) is 5.77. The van der Waals surface area contributed by atoms with Crippen molar-refractivity contribution in [2.75, 3.05) is 11.1 Å². The summed E-state index contributed by atoms with van der Waals surface area (Å²) in [5.74, 6) is -2.64. The van der Waals surface area contributed by atoms with E-state index in [-0.39, 0.29) is 16.5 Å². The fourth-order valence-corrected chi connectivity index (χ4v) is 5.03. The highest BCUT2D eigenvalue weighted by atomic mass is 32.2. The molecule has 0 fully saturated rings. The van der Waals surface area contributed by atoms with Crippen LogP contribution in [0.1, 0.15) is 33.4 Å². The number of aliphatic carboxylic acids is 1. The molecule has 0 saturated heterocycles. The van der Waals surface area contributed by atoms with E-state index in [2.05, 4.69) is 26.1 Å². The molecule has 0 aromatic carbocycles. The van der Waals surface area contributed by atoms with Gasteiger partial charge in [-0.3, -0.25) is 10.1 Å². The summed E-state index contributed by atoms with van der Waals surface area (Å²) in [6.07, 6.45) is -1.18. The number of carboxylic acid groups (broad SMARTS) is 1. The Morgan fingerprint density at radius 3 is 2.71 bits per heavy atom. The maximum atomic E-state index is 12.7. The summed E-state index contributed by atoms with van der Waals surface area (Å²) in [7, 11) is 0. The molecule has 1 aromatic heterocycles. The Hall–Kier alpha value is -3.33. The number of thiazole rings is 1. The minimum atomic E-state index is -1.48. The number of oxime groups is 1. The zero-order valence-corrected chi connectivity index (χ0v) is 20.2. The highest BCUT2D eigenvalue weighted by Crippen LogP contribution is 2.32. The van der Waals surface area contributed by atoms with Gasteiger partial charge in [0.1, 0.15) is 28.5 Å². The molecule has 3 heterocycles. The van der Waals surface area contributed by atoms with Gasteiger partial charge in [0.25, 0.3) is 5.91 Å². The number of thioether (sulfide) groups is 1. The molecular weight excluding hydrogens is 490 g/mol. The lowest BCUT2D eigenvalue weighted by atomic mass is 10.1. The molecule has 0 bridgehead atoms. The van der Waals surface area contributed by atoms with Gasteiger partial charge in [-0.05, 0) is 27.7 Å². The summed E-state index contributed by atoms with van der Waals surface area (Å²) in [5.41, 5.74) is -0.489. The Labute approximate surface area is 202 Å². The molecule has 2 unspecified atom stereocenters. The predicted molar refractivity (Wildman–Crippen MR) is 122 cm³/mol. The first-order chi connectivity index (χ1) is 15.9. The predicted octanol–water partition coefficient (Wildman–Crippen LogP) is 1.10. The van der Waals surface area contributed by atoms with Crippen LogP contribution >= 0.6 is 23.1 Å². The number of carbonyl (C=O) groups excluding carboxylic acids is 3. The summed E-state index contributed by atoms with van der Waals surface area (Å²) in [4.78, 5) is 52.5. The molecule has 3 atom stereocenters.